The molecule has 0 N–H and O–H groups in total. The van der Waals surface area contributed by atoms with Crippen molar-refractivity contribution in [2.75, 3.05) is 0 Å². The second-order valence-corrected chi connectivity index (χ2v) is 7.61. The molecule has 0 aliphatic heterocycles. The third-order valence-corrected chi connectivity index (χ3v) is 6.26. The van der Waals surface area contributed by atoms with Gasteiger partial charge in [-0.25, -0.2) is 0 Å². The zero-order valence-electron chi connectivity index (χ0n) is 17.3. The average Bonchev–Trinajstić information content (AvgIpc) is 3.11. The summed E-state index contributed by atoms with van der Waals surface area (Å²) in [4.78, 5) is 0. The van der Waals surface area contributed by atoms with Gasteiger partial charge in [-0.2, -0.15) is 0 Å². The smallest absolute Gasteiger partial charge is 0.0210 e. The molecule has 0 unspecified atom stereocenters. The summed E-state index contributed by atoms with van der Waals surface area (Å²) in [5.74, 6) is 0. The highest BCUT2D eigenvalue weighted by molar-refractivity contribution is 5.80. The maximum absolute atomic E-state index is 2.31. The lowest BCUT2D eigenvalue weighted by Crippen LogP contribution is -2.22. The lowest BCUT2D eigenvalue weighted by molar-refractivity contribution is 0.490. The molecular weight excluding hydrogens is 348 g/mol. The molecule has 0 heterocycles. The highest BCUT2D eigenvalue weighted by Gasteiger charge is 2.39. The molecule has 0 fully saturated rings. The molecule has 0 bridgehead atoms. The van der Waals surface area contributed by atoms with Gasteiger partial charge in [0.2, 0.25) is 0 Å². The molecule has 5 rings (SSSR count). The van der Waals surface area contributed by atoms with E-state index in [-0.39, 0.29) is 5.41 Å². The molecule has 0 heteroatoms. The molecule has 0 atom stereocenters. The monoisotopic (exact) mass is 376 g/mol. The minimum Gasteiger partial charge on any atom is -0.0642 e. The highest BCUT2D eigenvalue weighted by Crippen LogP contribution is 2.52. The topological polar surface area (TPSA) is 0 Å². The van der Waals surface area contributed by atoms with Crippen LogP contribution in [0.4, 0.5) is 0 Å². The Bertz CT molecular complexity index is 972. The third kappa shape index (κ3) is 3.51. The van der Waals surface area contributed by atoms with Crippen molar-refractivity contribution in [3.63, 3.8) is 0 Å². The van der Waals surface area contributed by atoms with E-state index in [1.54, 1.807) is 0 Å². The molecule has 0 saturated heterocycles. The van der Waals surface area contributed by atoms with Crippen LogP contribution in [0.1, 0.15) is 37.8 Å². The van der Waals surface area contributed by atoms with Crippen LogP contribution in [0, 0.1) is 0 Å². The maximum atomic E-state index is 2.31. The Morgan fingerprint density at radius 1 is 0.448 bits per heavy atom. The lowest BCUT2D eigenvalue weighted by atomic mass is 9.74. The van der Waals surface area contributed by atoms with Gasteiger partial charge in [0.15, 0.2) is 0 Å². The summed E-state index contributed by atoms with van der Waals surface area (Å²) in [6.07, 6.45) is 2.36. The average molecular weight is 377 g/mol. The molecule has 1 aliphatic carbocycles. The van der Waals surface area contributed by atoms with Crippen molar-refractivity contribution in [3.8, 4) is 22.3 Å². The van der Waals surface area contributed by atoms with Gasteiger partial charge in [-0.05, 0) is 46.2 Å². The van der Waals surface area contributed by atoms with E-state index in [0.29, 0.717) is 0 Å². The fourth-order valence-corrected chi connectivity index (χ4v) is 4.69. The van der Waals surface area contributed by atoms with Crippen LogP contribution in [-0.4, -0.2) is 0 Å². The maximum Gasteiger partial charge on any atom is 0.0210 e. The summed E-state index contributed by atoms with van der Waals surface area (Å²) in [5, 5.41) is 0. The summed E-state index contributed by atoms with van der Waals surface area (Å²) in [7, 11) is 0. The molecule has 0 amide bonds. The molecule has 0 nitrogen and oxygen atoms in total. The van der Waals surface area contributed by atoms with Crippen molar-refractivity contribution in [3.05, 3.63) is 120 Å². The van der Waals surface area contributed by atoms with E-state index in [0.717, 1.165) is 0 Å². The van der Waals surface area contributed by atoms with Crippen molar-refractivity contribution in [2.45, 2.75) is 32.1 Å². The van der Waals surface area contributed by atoms with Crippen molar-refractivity contribution in [2.24, 2.45) is 0 Å². The molecule has 0 saturated carbocycles. The molecule has 4 aromatic carbocycles. The van der Waals surface area contributed by atoms with Crippen LogP contribution >= 0.6 is 0 Å². The second kappa shape index (κ2) is 8.49. The van der Waals surface area contributed by atoms with E-state index in [9.17, 15) is 0 Å². The summed E-state index contributed by atoms with van der Waals surface area (Å²) in [6, 6.07) is 38.6. The van der Waals surface area contributed by atoms with Crippen LogP contribution < -0.4 is 0 Å². The largest absolute Gasteiger partial charge is 0.0642 e. The first kappa shape index (κ1) is 19.2. The molecule has 0 spiro atoms. The van der Waals surface area contributed by atoms with Crippen LogP contribution in [0.3, 0.4) is 0 Å². The van der Waals surface area contributed by atoms with Crippen LogP contribution in [0.25, 0.3) is 22.3 Å². The van der Waals surface area contributed by atoms with Crippen LogP contribution in [0.15, 0.2) is 109 Å². The van der Waals surface area contributed by atoms with E-state index in [4.69, 9.17) is 0 Å². The zero-order chi connectivity index (χ0) is 20.1. The van der Waals surface area contributed by atoms with Crippen LogP contribution in [0.2, 0.25) is 0 Å². The van der Waals surface area contributed by atoms with E-state index in [1.807, 2.05) is 12.1 Å². The first-order chi connectivity index (χ1) is 14.3. The van der Waals surface area contributed by atoms with Gasteiger partial charge in [-0.3, -0.25) is 0 Å². The van der Waals surface area contributed by atoms with Gasteiger partial charge in [0.25, 0.3) is 0 Å². The van der Waals surface area contributed by atoms with Crippen molar-refractivity contribution >= 4 is 0 Å². The van der Waals surface area contributed by atoms with Gasteiger partial charge in [0, 0.05) is 5.41 Å². The summed E-state index contributed by atoms with van der Waals surface area (Å²) in [5.41, 5.74) is 8.71. The molecule has 0 radical (unpaired) electrons. The molecule has 1 aliphatic rings. The second-order valence-electron chi connectivity index (χ2n) is 7.61. The number of benzene rings is 4. The number of hydrogen-bond acceptors (Lipinski definition) is 0. The van der Waals surface area contributed by atoms with E-state index < -0.39 is 0 Å². The molecular formula is C29H28. The predicted molar refractivity (Wildman–Crippen MR) is 125 cm³/mol. The predicted octanol–water partition coefficient (Wildman–Crippen LogP) is 8.13. The van der Waals surface area contributed by atoms with Gasteiger partial charge < -0.3 is 0 Å². The van der Waals surface area contributed by atoms with Crippen molar-refractivity contribution in [1.29, 1.82) is 0 Å². The Labute approximate surface area is 174 Å². The fraction of sp³-hybridized carbons (Fsp3) is 0.172. The Balaban J connectivity index is 0.000000150. The minimum atomic E-state index is 0.243. The highest BCUT2D eigenvalue weighted by atomic mass is 14.4. The number of hydrogen-bond donors (Lipinski definition) is 0. The van der Waals surface area contributed by atoms with Crippen LogP contribution in [0.5, 0.6) is 0 Å². The Morgan fingerprint density at radius 3 is 1.17 bits per heavy atom. The first-order valence-corrected chi connectivity index (χ1v) is 10.6. The summed E-state index contributed by atoms with van der Waals surface area (Å²) in [6.45, 7) is 4.62. The Hall–Kier alpha value is -3.12. The normalized spacial score (nSPS) is 13.0. The molecule has 0 aromatic heterocycles. The van der Waals surface area contributed by atoms with Gasteiger partial charge in [-0.15, -0.1) is 0 Å². The lowest BCUT2D eigenvalue weighted by Gasteiger charge is -2.29. The standard InChI is InChI=1S/C17H18.C12H10/c1-3-17(4-2)15-11-7-5-9-13(15)14-10-6-8-12-16(14)17;1-3-7-11(8-4-1)12-9-5-2-6-10-12/h5-12H,3-4H2,1-2H3;1-10H. The van der Waals surface area contributed by atoms with E-state index >= 15 is 0 Å². The van der Waals surface area contributed by atoms with Gasteiger partial charge in [0.05, 0.1) is 0 Å². The Kier molecular flexibility index (Phi) is 5.62. The summed E-state index contributed by atoms with van der Waals surface area (Å²) >= 11 is 0. The number of fused-ring (bicyclic) bond motifs is 3. The van der Waals surface area contributed by atoms with Gasteiger partial charge in [-0.1, -0.05) is 123 Å². The van der Waals surface area contributed by atoms with Gasteiger partial charge in [0.1, 0.15) is 0 Å². The molecule has 29 heavy (non-hydrogen) atoms. The SMILES string of the molecule is CCC1(CC)c2ccccc2-c2ccccc21.c1ccc(-c2ccccc2)cc1. The van der Waals surface area contributed by atoms with E-state index in [1.165, 1.54) is 46.2 Å². The van der Waals surface area contributed by atoms with Crippen molar-refractivity contribution < 1.29 is 0 Å². The minimum absolute atomic E-state index is 0.243. The molecule has 4 aromatic rings. The zero-order valence-corrected chi connectivity index (χ0v) is 17.3. The van der Waals surface area contributed by atoms with E-state index in [2.05, 4.69) is 111 Å². The first-order valence-electron chi connectivity index (χ1n) is 10.6. The van der Waals surface area contributed by atoms with Gasteiger partial charge >= 0.3 is 0 Å². The third-order valence-electron chi connectivity index (χ3n) is 6.26. The summed E-state index contributed by atoms with van der Waals surface area (Å²) < 4.78 is 0. The Morgan fingerprint density at radius 2 is 0.793 bits per heavy atom. The molecule has 144 valence electrons. The van der Waals surface area contributed by atoms with Crippen molar-refractivity contribution in [1.82, 2.24) is 0 Å². The quantitative estimate of drug-likeness (QED) is 0.338. The fourth-order valence-electron chi connectivity index (χ4n) is 4.69. The number of rotatable bonds is 3. The van der Waals surface area contributed by atoms with Crippen LogP contribution in [-0.2, 0) is 5.41 Å².